The number of rotatable bonds is 8. The normalized spacial score (nSPS) is 13.7. The average molecular weight is 378 g/mol. The van der Waals surface area contributed by atoms with Gasteiger partial charge >= 0.3 is 0 Å². The van der Waals surface area contributed by atoms with Gasteiger partial charge in [0, 0.05) is 17.2 Å². The van der Waals surface area contributed by atoms with Crippen molar-refractivity contribution in [3.05, 3.63) is 71.5 Å². The number of para-hydroxylation sites is 1. The molecule has 5 heteroatoms. The van der Waals surface area contributed by atoms with Crippen LogP contribution in [0.25, 0.3) is 5.69 Å². The average Bonchev–Trinajstić information content (AvgIpc) is 3.47. The number of carbonyl (C=O) groups excluding carboxylic acids is 1. The van der Waals surface area contributed by atoms with E-state index >= 15 is 0 Å². The largest absolute Gasteiger partial charge is 0.293 e. The summed E-state index contributed by atoms with van der Waals surface area (Å²) in [4.78, 5) is 12.6. The first kappa shape index (κ1) is 18.0. The van der Waals surface area contributed by atoms with Gasteiger partial charge in [-0.15, -0.1) is 10.2 Å². The highest BCUT2D eigenvalue weighted by molar-refractivity contribution is 7.99. The Morgan fingerprint density at radius 3 is 2.48 bits per heavy atom. The second-order valence-electron chi connectivity index (χ2n) is 6.94. The molecule has 1 fully saturated rings. The molecule has 0 unspecified atom stereocenters. The Hall–Kier alpha value is -2.40. The number of ketones is 1. The van der Waals surface area contributed by atoms with Crippen molar-refractivity contribution in [3.63, 3.8) is 0 Å². The molecular formula is C22H23N3OS. The molecule has 1 aliphatic rings. The number of thioether (sulfide) groups is 1. The highest BCUT2D eigenvalue weighted by Crippen LogP contribution is 2.41. The summed E-state index contributed by atoms with van der Waals surface area (Å²) in [6.45, 7) is 2.16. The number of nitrogens with zero attached hydrogens (tertiary/aromatic N) is 3. The summed E-state index contributed by atoms with van der Waals surface area (Å²) in [5, 5.41) is 9.59. The molecule has 138 valence electrons. The molecule has 0 aliphatic heterocycles. The van der Waals surface area contributed by atoms with Gasteiger partial charge in [0.1, 0.15) is 5.82 Å². The zero-order valence-electron chi connectivity index (χ0n) is 15.5. The van der Waals surface area contributed by atoms with Crippen molar-refractivity contribution in [3.8, 4) is 5.69 Å². The Bertz CT molecular complexity index is 914. The third-order valence-electron chi connectivity index (χ3n) is 4.76. The topological polar surface area (TPSA) is 47.8 Å². The van der Waals surface area contributed by atoms with Gasteiger partial charge in [-0.25, -0.2) is 0 Å². The van der Waals surface area contributed by atoms with Gasteiger partial charge in [-0.2, -0.15) is 0 Å². The molecule has 0 amide bonds. The van der Waals surface area contributed by atoms with Crippen LogP contribution in [0, 0.1) is 0 Å². The lowest BCUT2D eigenvalue weighted by atomic mass is 10.1. The first-order chi connectivity index (χ1) is 13.3. The first-order valence-electron chi connectivity index (χ1n) is 9.52. The summed E-state index contributed by atoms with van der Waals surface area (Å²) in [6.07, 6.45) is 4.49. The van der Waals surface area contributed by atoms with E-state index in [-0.39, 0.29) is 5.78 Å². The molecule has 1 heterocycles. The fourth-order valence-electron chi connectivity index (χ4n) is 3.16. The molecule has 1 aromatic heterocycles. The Labute approximate surface area is 164 Å². The van der Waals surface area contributed by atoms with Gasteiger partial charge in [0.05, 0.1) is 5.75 Å². The van der Waals surface area contributed by atoms with Crippen LogP contribution in [-0.4, -0.2) is 26.3 Å². The van der Waals surface area contributed by atoms with E-state index in [0.717, 1.165) is 35.1 Å². The molecule has 3 aromatic rings. The fourth-order valence-corrected chi connectivity index (χ4v) is 4.01. The van der Waals surface area contributed by atoms with Crippen molar-refractivity contribution in [1.82, 2.24) is 14.8 Å². The quantitative estimate of drug-likeness (QED) is 0.406. The zero-order valence-corrected chi connectivity index (χ0v) is 16.3. The summed E-state index contributed by atoms with van der Waals surface area (Å²) in [5.41, 5.74) is 3.10. The summed E-state index contributed by atoms with van der Waals surface area (Å²) in [7, 11) is 0. The van der Waals surface area contributed by atoms with Crippen LogP contribution in [-0.2, 0) is 6.42 Å². The van der Waals surface area contributed by atoms with Crippen molar-refractivity contribution in [2.24, 2.45) is 0 Å². The number of hydrogen-bond donors (Lipinski definition) is 0. The van der Waals surface area contributed by atoms with Crippen LogP contribution in [0.5, 0.6) is 0 Å². The molecule has 0 saturated heterocycles. The SMILES string of the molecule is CCCc1ccc(C(=O)CSc2nnc(C3CC3)n2-c2ccccc2)cc1. The zero-order chi connectivity index (χ0) is 18.6. The molecule has 2 aromatic carbocycles. The molecule has 0 atom stereocenters. The van der Waals surface area contributed by atoms with Crippen LogP contribution in [0.1, 0.15) is 53.8 Å². The summed E-state index contributed by atoms with van der Waals surface area (Å²) < 4.78 is 2.11. The number of benzene rings is 2. The highest BCUT2D eigenvalue weighted by Gasteiger charge is 2.31. The number of carbonyl (C=O) groups is 1. The van der Waals surface area contributed by atoms with Crippen LogP contribution < -0.4 is 0 Å². The Balaban J connectivity index is 1.50. The number of Topliss-reactive ketones (excluding diaryl/α,β-unsaturated/α-hetero) is 1. The van der Waals surface area contributed by atoms with E-state index in [2.05, 4.69) is 46.0 Å². The standard InChI is InChI=1S/C22H23N3OS/c1-2-6-16-9-11-17(12-10-16)20(26)15-27-22-24-23-21(18-13-14-18)25(22)19-7-4-3-5-8-19/h3-5,7-12,18H,2,6,13-15H2,1H3. The smallest absolute Gasteiger partial charge is 0.196 e. The number of aryl methyl sites for hydroxylation is 1. The minimum absolute atomic E-state index is 0.124. The van der Waals surface area contributed by atoms with E-state index < -0.39 is 0 Å². The fraction of sp³-hybridized carbons (Fsp3) is 0.318. The van der Waals surface area contributed by atoms with E-state index in [4.69, 9.17) is 0 Å². The molecule has 0 N–H and O–H groups in total. The minimum Gasteiger partial charge on any atom is -0.293 e. The van der Waals surface area contributed by atoms with E-state index in [1.807, 2.05) is 30.3 Å². The third-order valence-corrected chi connectivity index (χ3v) is 5.69. The van der Waals surface area contributed by atoms with Gasteiger partial charge in [0.25, 0.3) is 0 Å². The lowest BCUT2D eigenvalue weighted by Gasteiger charge is -2.09. The second-order valence-corrected chi connectivity index (χ2v) is 7.89. The lowest BCUT2D eigenvalue weighted by Crippen LogP contribution is -2.06. The van der Waals surface area contributed by atoms with Gasteiger partial charge in [-0.3, -0.25) is 9.36 Å². The predicted octanol–water partition coefficient (Wildman–Crippen LogP) is 5.07. The van der Waals surface area contributed by atoms with Gasteiger partial charge in [0.2, 0.25) is 0 Å². The summed E-state index contributed by atoms with van der Waals surface area (Å²) >= 11 is 1.47. The molecule has 1 saturated carbocycles. The predicted molar refractivity (Wildman–Crippen MR) is 109 cm³/mol. The van der Waals surface area contributed by atoms with E-state index in [0.29, 0.717) is 11.7 Å². The Morgan fingerprint density at radius 2 is 1.81 bits per heavy atom. The van der Waals surface area contributed by atoms with Crippen LogP contribution in [0.4, 0.5) is 0 Å². The minimum atomic E-state index is 0.124. The van der Waals surface area contributed by atoms with E-state index in [1.165, 1.54) is 30.2 Å². The maximum Gasteiger partial charge on any atom is 0.196 e. The van der Waals surface area contributed by atoms with E-state index in [9.17, 15) is 4.79 Å². The highest BCUT2D eigenvalue weighted by atomic mass is 32.2. The monoisotopic (exact) mass is 377 g/mol. The molecule has 0 radical (unpaired) electrons. The number of hydrogen-bond acceptors (Lipinski definition) is 4. The van der Waals surface area contributed by atoms with Crippen LogP contribution >= 0.6 is 11.8 Å². The van der Waals surface area contributed by atoms with Crippen LogP contribution in [0.15, 0.2) is 59.8 Å². The van der Waals surface area contributed by atoms with Gasteiger partial charge in [0.15, 0.2) is 10.9 Å². The van der Waals surface area contributed by atoms with Crippen LogP contribution in [0.3, 0.4) is 0 Å². The number of aromatic nitrogens is 3. The maximum absolute atomic E-state index is 12.6. The third kappa shape index (κ3) is 4.14. The first-order valence-corrected chi connectivity index (χ1v) is 10.5. The maximum atomic E-state index is 12.6. The van der Waals surface area contributed by atoms with Gasteiger partial charge < -0.3 is 0 Å². The van der Waals surface area contributed by atoms with Crippen molar-refractivity contribution in [1.29, 1.82) is 0 Å². The molecule has 0 bridgehead atoms. The molecular weight excluding hydrogens is 354 g/mol. The molecule has 27 heavy (non-hydrogen) atoms. The van der Waals surface area contributed by atoms with Crippen LogP contribution in [0.2, 0.25) is 0 Å². The molecule has 4 nitrogen and oxygen atoms in total. The van der Waals surface area contributed by atoms with Gasteiger partial charge in [-0.1, -0.05) is 67.6 Å². The summed E-state index contributed by atoms with van der Waals surface area (Å²) in [6, 6.07) is 18.1. The lowest BCUT2D eigenvalue weighted by molar-refractivity contribution is 0.102. The Morgan fingerprint density at radius 1 is 1.07 bits per heavy atom. The van der Waals surface area contributed by atoms with Gasteiger partial charge in [-0.05, 0) is 37.0 Å². The second kappa shape index (κ2) is 8.09. The van der Waals surface area contributed by atoms with Crippen molar-refractivity contribution >= 4 is 17.5 Å². The molecule has 0 spiro atoms. The Kier molecular flexibility index (Phi) is 5.39. The molecule has 4 rings (SSSR count). The van der Waals surface area contributed by atoms with Crippen molar-refractivity contribution < 1.29 is 4.79 Å². The van der Waals surface area contributed by atoms with E-state index in [1.54, 1.807) is 0 Å². The summed E-state index contributed by atoms with van der Waals surface area (Å²) in [5.74, 6) is 2.00. The molecule has 1 aliphatic carbocycles. The van der Waals surface area contributed by atoms with Crippen molar-refractivity contribution in [2.45, 2.75) is 43.7 Å². The van der Waals surface area contributed by atoms with Crippen molar-refractivity contribution in [2.75, 3.05) is 5.75 Å².